The highest BCUT2D eigenvalue weighted by Crippen LogP contribution is 2.53. The Kier molecular flexibility index (Phi) is 6.32. The lowest BCUT2D eigenvalue weighted by atomic mass is 9.72. The van der Waals surface area contributed by atoms with E-state index in [1.165, 1.54) is 18.3 Å². The molecule has 3 fully saturated rings. The van der Waals surface area contributed by atoms with Crippen molar-refractivity contribution in [3.05, 3.63) is 51.2 Å². The van der Waals surface area contributed by atoms with Crippen molar-refractivity contribution in [1.29, 1.82) is 0 Å². The monoisotopic (exact) mass is 514 g/mol. The summed E-state index contributed by atoms with van der Waals surface area (Å²) in [7, 11) is 0. The number of carboxylic acid groups (broad SMARTS) is 1. The van der Waals surface area contributed by atoms with Crippen LogP contribution in [0, 0.1) is 17.8 Å². The van der Waals surface area contributed by atoms with Crippen LogP contribution in [0.5, 0.6) is 0 Å². The molecular formula is C26H27ClN2O5S. The number of rotatable bonds is 6. The number of benzene rings is 1. The smallest absolute Gasteiger partial charge is 0.324 e. The molecule has 2 N–H and O–H groups in total. The van der Waals surface area contributed by atoms with Crippen LogP contribution in [0.3, 0.4) is 0 Å². The summed E-state index contributed by atoms with van der Waals surface area (Å²) in [5, 5.41) is 13.8. The maximum atomic E-state index is 13.9. The van der Waals surface area contributed by atoms with Gasteiger partial charge in [-0.2, -0.15) is 0 Å². The Morgan fingerprint density at radius 3 is 2.34 bits per heavy atom. The van der Waals surface area contributed by atoms with E-state index < -0.39 is 41.2 Å². The molecule has 0 spiro atoms. The number of imide groups is 1. The number of halogens is 1. The molecule has 7 nitrogen and oxygen atoms in total. The summed E-state index contributed by atoms with van der Waals surface area (Å²) in [6, 6.07) is 9.18. The molecule has 4 atom stereocenters. The SMILES string of the molecule is CC(=O)c1ccc(N2C(=O)C3C(c4ccc(Cl)s4)NC(CC4CCCCC4)(C(=O)O)C3C2=O)cc1. The molecular weight excluding hydrogens is 488 g/mol. The lowest BCUT2D eigenvalue weighted by Crippen LogP contribution is -2.56. The second kappa shape index (κ2) is 9.15. The zero-order valence-electron chi connectivity index (χ0n) is 19.3. The van der Waals surface area contributed by atoms with E-state index in [9.17, 15) is 24.3 Å². The van der Waals surface area contributed by atoms with Crippen molar-refractivity contribution in [2.24, 2.45) is 17.8 Å². The average molecular weight is 515 g/mol. The van der Waals surface area contributed by atoms with Crippen LogP contribution in [0.15, 0.2) is 36.4 Å². The van der Waals surface area contributed by atoms with Crippen LogP contribution in [-0.4, -0.2) is 34.2 Å². The molecule has 0 radical (unpaired) electrons. The van der Waals surface area contributed by atoms with E-state index in [1.807, 2.05) is 0 Å². The summed E-state index contributed by atoms with van der Waals surface area (Å²) < 4.78 is 0.534. The van der Waals surface area contributed by atoms with Gasteiger partial charge in [0.25, 0.3) is 0 Å². The molecule has 3 aliphatic rings. The van der Waals surface area contributed by atoms with Gasteiger partial charge in [0.2, 0.25) is 11.8 Å². The van der Waals surface area contributed by atoms with Crippen molar-refractivity contribution >= 4 is 52.2 Å². The van der Waals surface area contributed by atoms with Crippen LogP contribution < -0.4 is 10.2 Å². The van der Waals surface area contributed by atoms with Gasteiger partial charge in [-0.15, -0.1) is 11.3 Å². The number of hydrogen-bond donors (Lipinski definition) is 2. The van der Waals surface area contributed by atoms with Gasteiger partial charge in [0.15, 0.2) is 5.78 Å². The quantitative estimate of drug-likeness (QED) is 0.422. The molecule has 2 aromatic rings. The molecule has 35 heavy (non-hydrogen) atoms. The third-order valence-corrected chi connectivity index (χ3v) is 9.12. The first kappa shape index (κ1) is 24.2. The topological polar surface area (TPSA) is 104 Å². The number of carbonyl (C=O) groups excluding carboxylic acids is 3. The minimum absolute atomic E-state index is 0.122. The van der Waals surface area contributed by atoms with E-state index in [4.69, 9.17) is 11.6 Å². The van der Waals surface area contributed by atoms with Gasteiger partial charge >= 0.3 is 5.97 Å². The molecule has 0 bridgehead atoms. The molecule has 2 saturated heterocycles. The lowest BCUT2D eigenvalue weighted by molar-refractivity contribution is -0.150. The fourth-order valence-corrected chi connectivity index (χ4v) is 7.32. The van der Waals surface area contributed by atoms with Gasteiger partial charge < -0.3 is 5.11 Å². The number of carbonyl (C=O) groups is 4. The fraction of sp³-hybridized carbons (Fsp3) is 0.462. The zero-order valence-corrected chi connectivity index (χ0v) is 20.9. The first-order valence-electron chi connectivity index (χ1n) is 12.0. The van der Waals surface area contributed by atoms with Crippen molar-refractivity contribution < 1.29 is 24.3 Å². The normalized spacial score (nSPS) is 29.0. The van der Waals surface area contributed by atoms with Gasteiger partial charge in [0, 0.05) is 10.4 Å². The number of hydrogen-bond acceptors (Lipinski definition) is 6. The summed E-state index contributed by atoms with van der Waals surface area (Å²) >= 11 is 7.47. The van der Waals surface area contributed by atoms with Gasteiger partial charge in [0.05, 0.1) is 27.9 Å². The van der Waals surface area contributed by atoms with Crippen molar-refractivity contribution in [3.63, 3.8) is 0 Å². The van der Waals surface area contributed by atoms with E-state index in [2.05, 4.69) is 5.32 Å². The summed E-state index contributed by atoms with van der Waals surface area (Å²) in [6.45, 7) is 1.44. The number of carboxylic acids is 1. The lowest BCUT2D eigenvalue weighted by Gasteiger charge is -2.35. The minimum Gasteiger partial charge on any atom is -0.480 e. The number of Topliss-reactive ketones (excluding diaryl/α,β-unsaturated/α-hetero) is 1. The third kappa shape index (κ3) is 4.01. The fourth-order valence-electron chi connectivity index (χ4n) is 6.16. The van der Waals surface area contributed by atoms with Crippen LogP contribution in [0.25, 0.3) is 0 Å². The zero-order chi connectivity index (χ0) is 24.9. The summed E-state index contributed by atoms with van der Waals surface area (Å²) in [5.41, 5.74) is -0.730. The van der Waals surface area contributed by atoms with Gasteiger partial charge in [0.1, 0.15) is 5.54 Å². The predicted molar refractivity (Wildman–Crippen MR) is 133 cm³/mol. The second-order valence-corrected chi connectivity index (χ2v) is 11.6. The molecule has 2 aliphatic heterocycles. The highest BCUT2D eigenvalue weighted by atomic mass is 35.5. The Bertz CT molecular complexity index is 1190. The first-order valence-corrected chi connectivity index (χ1v) is 13.2. The summed E-state index contributed by atoms with van der Waals surface area (Å²) in [4.78, 5) is 54.1. The van der Waals surface area contributed by atoms with E-state index in [0.717, 1.165) is 41.9 Å². The van der Waals surface area contributed by atoms with Crippen LogP contribution in [0.1, 0.15) is 66.7 Å². The van der Waals surface area contributed by atoms with Gasteiger partial charge in [-0.3, -0.25) is 24.5 Å². The highest BCUT2D eigenvalue weighted by Gasteiger charge is 2.69. The highest BCUT2D eigenvalue weighted by molar-refractivity contribution is 7.16. The molecule has 184 valence electrons. The molecule has 5 rings (SSSR count). The standard InChI is InChI=1S/C26H27ClN2O5S/c1-14(30)16-7-9-17(10-8-16)29-23(31)20-21(24(29)32)26(25(33)34,13-15-5-3-2-4-6-15)28-22(20)18-11-12-19(27)35-18/h7-12,15,20-22,28H,2-6,13H2,1H3,(H,33,34). The number of anilines is 1. The van der Waals surface area contributed by atoms with Gasteiger partial charge in [-0.25, -0.2) is 4.90 Å². The van der Waals surface area contributed by atoms with E-state index >= 15 is 0 Å². The maximum Gasteiger partial charge on any atom is 0.324 e. The molecule has 4 unspecified atom stereocenters. The van der Waals surface area contributed by atoms with Crippen molar-refractivity contribution in [2.45, 2.75) is 57.0 Å². The number of thiophene rings is 1. The molecule has 1 saturated carbocycles. The van der Waals surface area contributed by atoms with E-state index in [-0.39, 0.29) is 11.7 Å². The Labute approximate surface area is 212 Å². The largest absolute Gasteiger partial charge is 0.480 e. The molecule has 1 aliphatic carbocycles. The molecule has 1 aromatic carbocycles. The van der Waals surface area contributed by atoms with Gasteiger partial charge in [-0.05, 0) is 55.7 Å². The molecule has 3 heterocycles. The van der Waals surface area contributed by atoms with Crippen LogP contribution >= 0.6 is 22.9 Å². The predicted octanol–water partition coefficient (Wildman–Crippen LogP) is 4.85. The average Bonchev–Trinajstić information content (AvgIpc) is 3.49. The number of nitrogens with zero attached hydrogens (tertiary/aromatic N) is 1. The Hall–Kier alpha value is -2.55. The Balaban J connectivity index is 1.58. The molecule has 9 heteroatoms. The van der Waals surface area contributed by atoms with Crippen molar-refractivity contribution in [1.82, 2.24) is 5.32 Å². The number of nitrogens with one attached hydrogen (secondary N) is 1. The summed E-state index contributed by atoms with van der Waals surface area (Å²) in [6.07, 6.45) is 5.35. The molecule has 1 aromatic heterocycles. The number of aliphatic carboxylic acids is 1. The van der Waals surface area contributed by atoms with Crippen LogP contribution in [-0.2, 0) is 14.4 Å². The second-order valence-electron chi connectivity index (χ2n) is 9.87. The molecule has 2 amide bonds. The van der Waals surface area contributed by atoms with Crippen molar-refractivity contribution in [2.75, 3.05) is 4.90 Å². The van der Waals surface area contributed by atoms with Crippen LogP contribution in [0.2, 0.25) is 4.34 Å². The van der Waals surface area contributed by atoms with E-state index in [0.29, 0.717) is 22.0 Å². The number of fused-ring (bicyclic) bond motifs is 1. The minimum atomic E-state index is -1.55. The Morgan fingerprint density at radius 1 is 1.09 bits per heavy atom. The number of ketones is 1. The van der Waals surface area contributed by atoms with E-state index in [1.54, 1.807) is 36.4 Å². The third-order valence-electron chi connectivity index (χ3n) is 7.80. The Morgan fingerprint density at radius 2 is 1.77 bits per heavy atom. The maximum absolute atomic E-state index is 13.9. The number of amides is 2. The van der Waals surface area contributed by atoms with Crippen LogP contribution in [0.4, 0.5) is 5.69 Å². The van der Waals surface area contributed by atoms with Gasteiger partial charge in [-0.1, -0.05) is 43.7 Å². The first-order chi connectivity index (χ1) is 16.7. The summed E-state index contributed by atoms with van der Waals surface area (Å²) in [5.74, 6) is -3.87. The van der Waals surface area contributed by atoms with Crippen molar-refractivity contribution in [3.8, 4) is 0 Å².